The maximum atomic E-state index is 5.74. The molecular weight excluding hydrogens is 224 g/mol. The Kier molecular flexibility index (Phi) is 3.13. The van der Waals surface area contributed by atoms with Crippen molar-refractivity contribution in [1.82, 2.24) is 14.7 Å². The van der Waals surface area contributed by atoms with Crippen LogP contribution in [0.5, 0.6) is 0 Å². The number of benzene rings is 1. The predicted octanol–water partition coefficient (Wildman–Crippen LogP) is 1.36. The fourth-order valence-electron chi connectivity index (χ4n) is 2.50. The van der Waals surface area contributed by atoms with Gasteiger partial charge >= 0.3 is 0 Å². The van der Waals surface area contributed by atoms with Gasteiger partial charge in [0.2, 0.25) is 0 Å². The predicted molar refractivity (Wildman–Crippen MR) is 70.7 cm³/mol. The van der Waals surface area contributed by atoms with Crippen LogP contribution in [0.2, 0.25) is 0 Å². The first kappa shape index (κ1) is 11.4. The van der Waals surface area contributed by atoms with Gasteiger partial charge in [-0.2, -0.15) is 5.10 Å². The third-order valence-corrected chi connectivity index (χ3v) is 3.51. The van der Waals surface area contributed by atoms with E-state index in [2.05, 4.69) is 45.0 Å². The lowest BCUT2D eigenvalue weighted by Crippen LogP contribution is -2.34. The Morgan fingerprint density at radius 2 is 2.00 bits per heavy atom. The molecule has 18 heavy (non-hydrogen) atoms. The van der Waals surface area contributed by atoms with Crippen LogP contribution in [0.15, 0.2) is 36.5 Å². The summed E-state index contributed by atoms with van der Waals surface area (Å²) in [5.41, 5.74) is 9.56. The summed E-state index contributed by atoms with van der Waals surface area (Å²) in [7, 11) is 0. The number of hydrogen-bond donors (Lipinski definition) is 1. The van der Waals surface area contributed by atoms with Gasteiger partial charge in [-0.15, -0.1) is 0 Å². The molecule has 0 bridgehead atoms. The van der Waals surface area contributed by atoms with Gasteiger partial charge in [0.1, 0.15) is 0 Å². The summed E-state index contributed by atoms with van der Waals surface area (Å²) >= 11 is 0. The lowest BCUT2D eigenvalue weighted by molar-refractivity contribution is 0.204. The zero-order valence-corrected chi connectivity index (χ0v) is 10.4. The van der Waals surface area contributed by atoms with E-state index in [4.69, 9.17) is 5.73 Å². The molecule has 1 aliphatic heterocycles. The van der Waals surface area contributed by atoms with E-state index in [1.807, 2.05) is 6.20 Å². The van der Waals surface area contributed by atoms with Crippen molar-refractivity contribution in [3.8, 4) is 0 Å². The fraction of sp³-hybridized carbons (Fsp3) is 0.357. The Morgan fingerprint density at radius 1 is 1.17 bits per heavy atom. The summed E-state index contributed by atoms with van der Waals surface area (Å²) in [6.07, 6.45) is 1.90. The molecule has 0 atom stereocenters. The first-order valence-electron chi connectivity index (χ1n) is 6.36. The first-order valence-corrected chi connectivity index (χ1v) is 6.36. The van der Waals surface area contributed by atoms with E-state index >= 15 is 0 Å². The Bertz CT molecular complexity index is 504. The van der Waals surface area contributed by atoms with E-state index in [0.717, 1.165) is 26.2 Å². The van der Waals surface area contributed by atoms with Gasteiger partial charge in [0.05, 0.1) is 18.4 Å². The van der Waals surface area contributed by atoms with Crippen molar-refractivity contribution in [2.24, 2.45) is 5.73 Å². The molecule has 0 saturated carbocycles. The largest absolute Gasteiger partial charge is 0.326 e. The average molecular weight is 242 g/mol. The molecule has 94 valence electrons. The summed E-state index contributed by atoms with van der Waals surface area (Å²) in [6.45, 7) is 4.53. The molecule has 3 rings (SSSR count). The van der Waals surface area contributed by atoms with Crippen molar-refractivity contribution < 1.29 is 0 Å². The van der Waals surface area contributed by atoms with Gasteiger partial charge in [-0.25, -0.2) is 0 Å². The number of aromatic nitrogens is 2. The van der Waals surface area contributed by atoms with Crippen LogP contribution in [-0.4, -0.2) is 21.2 Å². The Morgan fingerprint density at radius 3 is 2.78 bits per heavy atom. The molecule has 1 aliphatic rings. The lowest BCUT2D eigenvalue weighted by atomic mass is 10.1. The molecule has 0 unspecified atom stereocenters. The monoisotopic (exact) mass is 242 g/mol. The van der Waals surface area contributed by atoms with Gasteiger partial charge < -0.3 is 5.73 Å². The summed E-state index contributed by atoms with van der Waals surface area (Å²) in [4.78, 5) is 2.45. The number of fused-ring (bicyclic) bond motifs is 1. The van der Waals surface area contributed by atoms with Gasteiger partial charge in [0.25, 0.3) is 0 Å². The summed E-state index contributed by atoms with van der Waals surface area (Å²) in [5.74, 6) is 0. The van der Waals surface area contributed by atoms with Crippen LogP contribution in [0.25, 0.3) is 0 Å². The minimum Gasteiger partial charge on any atom is -0.326 e. The van der Waals surface area contributed by atoms with Crippen LogP contribution in [0.4, 0.5) is 0 Å². The van der Waals surface area contributed by atoms with Crippen molar-refractivity contribution in [3.05, 3.63) is 53.3 Å². The topological polar surface area (TPSA) is 47.1 Å². The normalized spacial score (nSPS) is 15.6. The SMILES string of the molecule is NCc1cnn2c1CN(Cc1ccccc1)CC2. The van der Waals surface area contributed by atoms with Crippen molar-refractivity contribution >= 4 is 0 Å². The highest BCUT2D eigenvalue weighted by Crippen LogP contribution is 2.18. The zero-order valence-electron chi connectivity index (χ0n) is 10.4. The van der Waals surface area contributed by atoms with Crippen LogP contribution in [-0.2, 0) is 26.2 Å². The first-order chi connectivity index (χ1) is 8.86. The van der Waals surface area contributed by atoms with Crippen molar-refractivity contribution in [1.29, 1.82) is 0 Å². The maximum Gasteiger partial charge on any atom is 0.0569 e. The van der Waals surface area contributed by atoms with Crippen molar-refractivity contribution in [2.75, 3.05) is 6.54 Å². The second kappa shape index (κ2) is 4.92. The molecule has 0 amide bonds. The molecule has 4 heteroatoms. The fourth-order valence-corrected chi connectivity index (χ4v) is 2.50. The highest BCUT2D eigenvalue weighted by molar-refractivity contribution is 5.20. The molecule has 0 radical (unpaired) electrons. The van der Waals surface area contributed by atoms with E-state index in [1.165, 1.54) is 16.8 Å². The van der Waals surface area contributed by atoms with E-state index in [0.29, 0.717) is 6.54 Å². The number of hydrogen-bond acceptors (Lipinski definition) is 3. The lowest BCUT2D eigenvalue weighted by Gasteiger charge is -2.28. The van der Waals surface area contributed by atoms with Gasteiger partial charge in [-0.3, -0.25) is 9.58 Å². The zero-order chi connectivity index (χ0) is 12.4. The van der Waals surface area contributed by atoms with Crippen LogP contribution in [0.1, 0.15) is 16.8 Å². The molecular formula is C14H18N4. The van der Waals surface area contributed by atoms with Crippen LogP contribution in [0.3, 0.4) is 0 Å². The molecule has 1 aromatic heterocycles. The summed E-state index contributed by atoms with van der Waals surface area (Å²) in [5, 5.41) is 4.38. The standard InChI is InChI=1S/C14H18N4/c15-8-13-9-16-18-7-6-17(11-14(13)18)10-12-4-2-1-3-5-12/h1-5,9H,6-8,10-11,15H2. The highest BCUT2D eigenvalue weighted by Gasteiger charge is 2.19. The molecule has 0 fully saturated rings. The maximum absolute atomic E-state index is 5.74. The quantitative estimate of drug-likeness (QED) is 0.884. The third-order valence-electron chi connectivity index (χ3n) is 3.51. The minimum atomic E-state index is 0.578. The molecule has 2 heterocycles. The molecule has 0 aliphatic carbocycles. The molecule has 0 saturated heterocycles. The third kappa shape index (κ3) is 2.17. The van der Waals surface area contributed by atoms with Crippen molar-refractivity contribution in [3.63, 3.8) is 0 Å². The van der Waals surface area contributed by atoms with Gasteiger partial charge in [0.15, 0.2) is 0 Å². The van der Waals surface area contributed by atoms with Gasteiger partial charge in [-0.1, -0.05) is 30.3 Å². The Hall–Kier alpha value is -1.65. The average Bonchev–Trinajstić information content (AvgIpc) is 2.82. The van der Waals surface area contributed by atoms with E-state index < -0.39 is 0 Å². The second-order valence-electron chi connectivity index (χ2n) is 4.74. The molecule has 2 N–H and O–H groups in total. The van der Waals surface area contributed by atoms with Crippen molar-refractivity contribution in [2.45, 2.75) is 26.2 Å². The molecule has 2 aromatic rings. The molecule has 1 aromatic carbocycles. The van der Waals surface area contributed by atoms with Crippen LogP contribution in [0, 0.1) is 0 Å². The van der Waals surface area contributed by atoms with E-state index in [-0.39, 0.29) is 0 Å². The van der Waals surface area contributed by atoms with Crippen LogP contribution >= 0.6 is 0 Å². The molecule has 0 spiro atoms. The van der Waals surface area contributed by atoms with Crippen LogP contribution < -0.4 is 5.73 Å². The Balaban J connectivity index is 1.74. The highest BCUT2D eigenvalue weighted by atomic mass is 15.3. The summed E-state index contributed by atoms with van der Waals surface area (Å²) in [6, 6.07) is 10.6. The van der Waals surface area contributed by atoms with Gasteiger partial charge in [-0.05, 0) is 5.56 Å². The second-order valence-corrected chi connectivity index (χ2v) is 4.74. The number of nitrogens with zero attached hydrogens (tertiary/aromatic N) is 3. The summed E-state index contributed by atoms with van der Waals surface area (Å²) < 4.78 is 2.09. The molecule has 4 nitrogen and oxygen atoms in total. The minimum absolute atomic E-state index is 0.578. The Labute approximate surface area is 107 Å². The number of rotatable bonds is 3. The number of nitrogens with two attached hydrogens (primary N) is 1. The smallest absolute Gasteiger partial charge is 0.0569 e. The van der Waals surface area contributed by atoms with E-state index in [9.17, 15) is 0 Å². The van der Waals surface area contributed by atoms with E-state index in [1.54, 1.807) is 0 Å². The van der Waals surface area contributed by atoms with Gasteiger partial charge in [0, 0.05) is 31.7 Å².